The monoisotopic (exact) mass is 180 g/mol. The third kappa shape index (κ3) is 10.4. The summed E-state index contributed by atoms with van der Waals surface area (Å²) in [4.78, 5) is 8.46. The van der Waals surface area contributed by atoms with E-state index in [9.17, 15) is 0 Å². The zero-order valence-electron chi connectivity index (χ0n) is 6.78. The summed E-state index contributed by atoms with van der Waals surface area (Å²) in [7, 11) is -1.75. The average molecular weight is 180 g/mol. The Morgan fingerprint density at radius 1 is 1.27 bits per heavy atom. The summed E-state index contributed by atoms with van der Waals surface area (Å²) in [6, 6.07) is 10.3. The smallest absolute Gasteiger partial charge is 0.804 e. The van der Waals surface area contributed by atoms with Crippen molar-refractivity contribution in [1.82, 2.24) is 0 Å². The Morgan fingerprint density at radius 3 is 1.82 bits per heavy atom. The molecular formula is C7H10NaO2P. The van der Waals surface area contributed by atoms with Crippen LogP contribution in [0, 0.1) is 6.92 Å². The van der Waals surface area contributed by atoms with E-state index < -0.39 is 8.69 Å². The van der Waals surface area contributed by atoms with Crippen molar-refractivity contribution >= 4 is 8.69 Å². The van der Waals surface area contributed by atoms with Gasteiger partial charge in [0.25, 0.3) is 0 Å². The van der Waals surface area contributed by atoms with Gasteiger partial charge in [-0.15, -0.1) is 0 Å². The van der Waals surface area contributed by atoms with E-state index in [1.165, 1.54) is 5.56 Å². The molecule has 0 amide bonds. The van der Waals surface area contributed by atoms with Gasteiger partial charge >= 0.3 is 29.6 Å². The molecule has 0 saturated carbocycles. The normalized spacial score (nSPS) is 8.18. The summed E-state index contributed by atoms with van der Waals surface area (Å²) < 4.78 is 8.46. The van der Waals surface area contributed by atoms with Gasteiger partial charge in [-0.25, -0.2) is 0 Å². The van der Waals surface area contributed by atoms with Gasteiger partial charge in [-0.1, -0.05) is 35.9 Å². The van der Waals surface area contributed by atoms with Gasteiger partial charge in [-0.2, -0.15) is 0 Å². The van der Waals surface area contributed by atoms with E-state index in [1.54, 1.807) is 0 Å². The summed E-state index contributed by atoms with van der Waals surface area (Å²) in [6.07, 6.45) is 0. The molecule has 1 aromatic rings. The van der Waals surface area contributed by atoms with Crippen LogP contribution in [0.25, 0.3) is 0 Å². The zero-order chi connectivity index (χ0) is 7.82. The Bertz CT molecular complexity index is 179. The molecule has 0 saturated heterocycles. The zero-order valence-corrected chi connectivity index (χ0v) is 9.94. The van der Waals surface area contributed by atoms with E-state index in [2.05, 4.69) is 19.1 Å². The molecule has 56 valence electrons. The molecule has 0 fully saturated rings. The third-order valence-electron chi connectivity index (χ3n) is 0.940. The molecule has 0 bridgehead atoms. The molecule has 1 rings (SSSR count). The van der Waals surface area contributed by atoms with Gasteiger partial charge < -0.3 is 9.46 Å². The van der Waals surface area contributed by atoms with Crippen molar-refractivity contribution in [3.63, 3.8) is 0 Å². The molecule has 11 heavy (non-hydrogen) atoms. The quantitative estimate of drug-likeness (QED) is 0.343. The minimum absolute atomic E-state index is 0. The molecule has 1 atom stereocenters. The summed E-state index contributed by atoms with van der Waals surface area (Å²) in [6.45, 7) is 2.08. The van der Waals surface area contributed by atoms with Gasteiger partial charge in [-0.05, 0) is 15.6 Å². The number of hydrogen-bond acceptors (Lipinski definition) is 2. The fourth-order valence-electron chi connectivity index (χ4n) is 0.534. The fourth-order valence-corrected chi connectivity index (χ4v) is 0.534. The Kier molecular flexibility index (Phi) is 13.2. The minimum atomic E-state index is -1.75. The first-order valence-corrected chi connectivity index (χ1v) is 3.82. The Labute approximate surface area is 90.2 Å². The Hall–Kier alpha value is 0.410. The third-order valence-corrected chi connectivity index (χ3v) is 0.940. The van der Waals surface area contributed by atoms with E-state index in [4.69, 9.17) is 9.46 Å². The van der Waals surface area contributed by atoms with Crippen molar-refractivity contribution in [3.8, 4) is 0 Å². The molecule has 1 unspecified atom stereocenters. The van der Waals surface area contributed by atoms with Crippen molar-refractivity contribution < 1.29 is 39.0 Å². The predicted molar refractivity (Wildman–Crippen MR) is 41.6 cm³/mol. The van der Waals surface area contributed by atoms with Crippen molar-refractivity contribution in [1.29, 1.82) is 0 Å². The average Bonchev–Trinajstić information content (AvgIpc) is 1.91. The van der Waals surface area contributed by atoms with Crippen LogP contribution in [0.15, 0.2) is 30.3 Å². The molecule has 0 aliphatic carbocycles. The van der Waals surface area contributed by atoms with E-state index in [-0.39, 0.29) is 29.6 Å². The second-order valence-electron chi connectivity index (χ2n) is 1.75. The minimum Gasteiger partial charge on any atom is -0.804 e. The molecule has 1 aromatic carbocycles. The Balaban J connectivity index is 0. The molecule has 0 aliphatic rings. The molecule has 2 nitrogen and oxygen atoms in total. The molecular weight excluding hydrogens is 170 g/mol. The van der Waals surface area contributed by atoms with Crippen LogP contribution in [0.3, 0.4) is 0 Å². The molecule has 0 spiro atoms. The molecule has 4 heteroatoms. The van der Waals surface area contributed by atoms with Gasteiger partial charge in [0.15, 0.2) is 0 Å². The van der Waals surface area contributed by atoms with Gasteiger partial charge in [0.2, 0.25) is 0 Å². The van der Waals surface area contributed by atoms with Gasteiger partial charge in [0.1, 0.15) is 0 Å². The van der Waals surface area contributed by atoms with E-state index in [1.807, 2.05) is 18.2 Å². The molecule has 0 N–H and O–H groups in total. The van der Waals surface area contributed by atoms with Crippen molar-refractivity contribution in [3.05, 3.63) is 35.9 Å². The maximum absolute atomic E-state index is 8.46. The van der Waals surface area contributed by atoms with Crippen LogP contribution >= 0.6 is 8.69 Å². The largest absolute Gasteiger partial charge is 1.00 e. The predicted octanol–water partition coefficient (Wildman–Crippen LogP) is -1.98. The van der Waals surface area contributed by atoms with Gasteiger partial charge in [0, 0.05) is 0 Å². The van der Waals surface area contributed by atoms with Crippen molar-refractivity contribution in [2.75, 3.05) is 0 Å². The van der Waals surface area contributed by atoms with Crippen LogP contribution in [0.2, 0.25) is 0 Å². The second kappa shape index (κ2) is 10.4. The standard InChI is InChI=1S/C7H8.Na.H3O2P/c1-7-5-3-2-4-6-7;;1-3-2/h2-6H,1H3;;3H2,(H,1,2)/q;+1;/p-1. The van der Waals surface area contributed by atoms with E-state index in [0.29, 0.717) is 0 Å². The van der Waals surface area contributed by atoms with Crippen LogP contribution in [-0.4, -0.2) is 0 Å². The van der Waals surface area contributed by atoms with Crippen LogP contribution < -0.4 is 34.5 Å². The fraction of sp³-hybridized carbons (Fsp3) is 0.143. The van der Waals surface area contributed by atoms with Crippen LogP contribution in [0.5, 0.6) is 0 Å². The van der Waals surface area contributed by atoms with E-state index in [0.717, 1.165) is 0 Å². The van der Waals surface area contributed by atoms with Crippen LogP contribution in [0.1, 0.15) is 5.56 Å². The number of rotatable bonds is 0. The summed E-state index contributed by atoms with van der Waals surface area (Å²) in [5, 5.41) is 0. The molecule has 0 aromatic heterocycles. The number of aryl methyl sites for hydroxylation is 1. The molecule has 0 heterocycles. The maximum atomic E-state index is 8.46. The molecule has 0 aliphatic heterocycles. The van der Waals surface area contributed by atoms with Gasteiger partial charge in [0.05, 0.1) is 0 Å². The first kappa shape index (κ1) is 14.0. The van der Waals surface area contributed by atoms with Crippen molar-refractivity contribution in [2.45, 2.75) is 6.92 Å². The van der Waals surface area contributed by atoms with Crippen molar-refractivity contribution in [2.24, 2.45) is 0 Å². The first-order valence-electron chi connectivity index (χ1n) is 2.88. The van der Waals surface area contributed by atoms with E-state index >= 15 is 0 Å². The van der Waals surface area contributed by atoms with Gasteiger partial charge in [-0.3, -0.25) is 0 Å². The first-order chi connectivity index (χ1) is 4.81. The summed E-state index contributed by atoms with van der Waals surface area (Å²) in [5.41, 5.74) is 1.32. The van der Waals surface area contributed by atoms with Crippen LogP contribution in [0.4, 0.5) is 0 Å². The topological polar surface area (TPSA) is 40.1 Å². The van der Waals surface area contributed by atoms with Crippen LogP contribution in [-0.2, 0) is 4.57 Å². The second-order valence-corrected chi connectivity index (χ2v) is 1.94. The Morgan fingerprint density at radius 2 is 1.64 bits per heavy atom. The number of benzene rings is 1. The summed E-state index contributed by atoms with van der Waals surface area (Å²) >= 11 is 0. The SMILES string of the molecule is Cc1ccccc1.O=[PH2][O-].[Na+]. The maximum Gasteiger partial charge on any atom is 1.00 e. The number of hydrogen-bond donors (Lipinski definition) is 0. The molecule has 0 radical (unpaired) electrons. The summed E-state index contributed by atoms with van der Waals surface area (Å²) in [5.74, 6) is 0.